The van der Waals surface area contributed by atoms with Crippen LogP contribution >= 0.6 is 11.8 Å². The highest BCUT2D eigenvalue weighted by Crippen LogP contribution is 2.36. The van der Waals surface area contributed by atoms with Gasteiger partial charge in [-0.3, -0.25) is 0 Å². The van der Waals surface area contributed by atoms with E-state index in [9.17, 15) is 9.90 Å². The van der Waals surface area contributed by atoms with Crippen LogP contribution in [0.1, 0.15) is 11.1 Å². The molecule has 0 aliphatic carbocycles. The van der Waals surface area contributed by atoms with Crippen LogP contribution in [-0.4, -0.2) is 23.6 Å². The maximum Gasteiger partial charge on any atom is 0.341 e. The largest absolute Gasteiger partial charge is 0.428 e. The van der Waals surface area contributed by atoms with Crippen molar-refractivity contribution in [3.63, 3.8) is 0 Å². The molecule has 0 saturated carbocycles. The summed E-state index contributed by atoms with van der Waals surface area (Å²) in [6.45, 7) is 0. The highest BCUT2D eigenvalue weighted by atomic mass is 32.2. The summed E-state index contributed by atoms with van der Waals surface area (Å²) in [5.74, 6) is -0.488. The van der Waals surface area contributed by atoms with Crippen LogP contribution in [0.25, 0.3) is 11.1 Å². The van der Waals surface area contributed by atoms with Gasteiger partial charge in [0.15, 0.2) is 0 Å². The first kappa shape index (κ1) is 13.9. The zero-order chi connectivity index (χ0) is 14.8. The van der Waals surface area contributed by atoms with E-state index < -0.39 is 12.3 Å². The molecule has 4 heteroatoms. The summed E-state index contributed by atoms with van der Waals surface area (Å²) in [6.07, 6.45) is 0.786. The average molecular weight is 298 g/mol. The Morgan fingerprint density at radius 2 is 1.67 bits per heavy atom. The van der Waals surface area contributed by atoms with Crippen molar-refractivity contribution in [2.24, 2.45) is 0 Å². The lowest BCUT2D eigenvalue weighted by molar-refractivity contribution is -0.148. The lowest BCUT2D eigenvalue weighted by Crippen LogP contribution is -2.09. The molecule has 1 N–H and O–H groups in total. The summed E-state index contributed by atoms with van der Waals surface area (Å²) in [7, 11) is 0. The van der Waals surface area contributed by atoms with Crippen molar-refractivity contribution >= 4 is 28.9 Å². The molecule has 0 fully saturated rings. The zero-order valence-corrected chi connectivity index (χ0v) is 12.3. The Bertz CT molecular complexity index is 690. The van der Waals surface area contributed by atoms with Gasteiger partial charge >= 0.3 is 5.97 Å². The summed E-state index contributed by atoms with van der Waals surface area (Å²) in [5.41, 5.74) is 2.51. The molecule has 3 rings (SSSR count). The molecule has 21 heavy (non-hydrogen) atoms. The molecule has 2 aromatic carbocycles. The van der Waals surface area contributed by atoms with E-state index >= 15 is 0 Å². The van der Waals surface area contributed by atoms with Crippen molar-refractivity contribution < 1.29 is 14.6 Å². The molecule has 0 saturated heterocycles. The molecule has 2 aromatic rings. The Balaban J connectivity index is 2.14. The Morgan fingerprint density at radius 1 is 1.00 bits per heavy atom. The molecule has 0 bridgehead atoms. The summed E-state index contributed by atoms with van der Waals surface area (Å²) in [6, 6.07) is 17.0. The smallest absolute Gasteiger partial charge is 0.341 e. The van der Waals surface area contributed by atoms with E-state index in [4.69, 9.17) is 4.74 Å². The van der Waals surface area contributed by atoms with E-state index in [1.54, 1.807) is 11.8 Å². The van der Waals surface area contributed by atoms with Crippen LogP contribution in [0.2, 0.25) is 0 Å². The highest BCUT2D eigenvalue weighted by molar-refractivity contribution is 7.98. The lowest BCUT2D eigenvalue weighted by atomic mass is 9.96. The van der Waals surface area contributed by atoms with Crippen molar-refractivity contribution in [1.29, 1.82) is 0 Å². The molecule has 1 atom stereocenters. The molecular formula is C17H14O3S. The van der Waals surface area contributed by atoms with Crippen LogP contribution in [-0.2, 0) is 9.53 Å². The first-order chi connectivity index (χ1) is 10.2. The van der Waals surface area contributed by atoms with Crippen molar-refractivity contribution in [3.05, 3.63) is 65.7 Å². The second-order valence-corrected chi connectivity index (χ2v) is 5.52. The van der Waals surface area contributed by atoms with Crippen LogP contribution < -0.4 is 0 Å². The number of benzene rings is 2. The van der Waals surface area contributed by atoms with Gasteiger partial charge in [0.25, 0.3) is 0 Å². The van der Waals surface area contributed by atoms with Gasteiger partial charge in [0.2, 0.25) is 6.29 Å². The third kappa shape index (κ3) is 2.60. The van der Waals surface area contributed by atoms with Gasteiger partial charge in [-0.15, -0.1) is 11.8 Å². The molecule has 1 aliphatic heterocycles. The highest BCUT2D eigenvalue weighted by Gasteiger charge is 2.34. The van der Waals surface area contributed by atoms with Crippen LogP contribution in [0, 0.1) is 0 Å². The Hall–Kier alpha value is -2.04. The number of rotatable bonds is 3. The zero-order valence-electron chi connectivity index (χ0n) is 11.4. The molecule has 1 heterocycles. The standard InChI is InChI=1S/C17H14O3S/c1-21-13-9-7-12(8-10-13)15-14(16(18)20-17(15)19)11-5-3-2-4-6-11/h2-10,17,19H,1H3. The quantitative estimate of drug-likeness (QED) is 0.698. The van der Waals surface area contributed by atoms with Crippen LogP contribution in [0.3, 0.4) is 0 Å². The summed E-state index contributed by atoms with van der Waals surface area (Å²) in [4.78, 5) is 13.2. The maximum absolute atomic E-state index is 12.0. The summed E-state index contributed by atoms with van der Waals surface area (Å²) >= 11 is 1.64. The Kier molecular flexibility index (Phi) is 3.82. The summed E-state index contributed by atoms with van der Waals surface area (Å²) in [5, 5.41) is 10.1. The number of hydrogen-bond acceptors (Lipinski definition) is 4. The topological polar surface area (TPSA) is 46.5 Å². The van der Waals surface area contributed by atoms with Crippen molar-refractivity contribution in [3.8, 4) is 0 Å². The molecule has 3 nitrogen and oxygen atoms in total. The number of ether oxygens (including phenoxy) is 1. The molecule has 1 aliphatic rings. The van der Waals surface area contributed by atoms with Gasteiger partial charge in [0.05, 0.1) is 5.57 Å². The van der Waals surface area contributed by atoms with Crippen molar-refractivity contribution in [2.75, 3.05) is 6.26 Å². The van der Waals surface area contributed by atoms with Gasteiger partial charge in [-0.1, -0.05) is 42.5 Å². The third-order valence-corrected chi connectivity index (χ3v) is 4.15. The van der Waals surface area contributed by atoms with Crippen LogP contribution in [0.5, 0.6) is 0 Å². The number of aliphatic hydroxyl groups excluding tert-OH is 1. The normalized spacial score (nSPS) is 18.0. The predicted octanol–water partition coefficient (Wildman–Crippen LogP) is 3.19. The molecule has 0 radical (unpaired) electrons. The first-order valence-electron chi connectivity index (χ1n) is 6.54. The number of thioether (sulfide) groups is 1. The minimum absolute atomic E-state index is 0.431. The number of aliphatic hydroxyl groups is 1. The molecule has 0 aromatic heterocycles. The van der Waals surface area contributed by atoms with E-state index in [0.29, 0.717) is 11.1 Å². The fraction of sp³-hybridized carbons (Fsp3) is 0.118. The van der Waals surface area contributed by atoms with Gasteiger partial charge in [0.1, 0.15) is 0 Å². The van der Waals surface area contributed by atoms with Gasteiger partial charge in [-0.2, -0.15) is 0 Å². The Morgan fingerprint density at radius 3 is 2.29 bits per heavy atom. The van der Waals surface area contributed by atoms with Crippen molar-refractivity contribution in [2.45, 2.75) is 11.2 Å². The summed E-state index contributed by atoms with van der Waals surface area (Å²) < 4.78 is 4.99. The number of cyclic esters (lactones) is 1. The fourth-order valence-corrected chi connectivity index (χ4v) is 2.80. The predicted molar refractivity (Wildman–Crippen MR) is 83.6 cm³/mol. The van der Waals surface area contributed by atoms with Gasteiger partial charge in [-0.05, 0) is 29.5 Å². The second-order valence-electron chi connectivity index (χ2n) is 4.64. The Labute approximate surface area is 127 Å². The maximum atomic E-state index is 12.0. The minimum Gasteiger partial charge on any atom is -0.428 e. The van der Waals surface area contributed by atoms with E-state index in [1.165, 1.54) is 0 Å². The van der Waals surface area contributed by atoms with Crippen LogP contribution in [0.15, 0.2) is 59.5 Å². The average Bonchev–Trinajstić information content (AvgIpc) is 2.82. The third-order valence-electron chi connectivity index (χ3n) is 3.40. The van der Waals surface area contributed by atoms with E-state index in [1.807, 2.05) is 60.9 Å². The SMILES string of the molecule is CSc1ccc(C2=C(c3ccccc3)C(=O)OC2O)cc1. The van der Waals surface area contributed by atoms with E-state index in [-0.39, 0.29) is 0 Å². The van der Waals surface area contributed by atoms with E-state index in [0.717, 1.165) is 16.0 Å². The number of carbonyl (C=O) groups is 1. The molecular weight excluding hydrogens is 284 g/mol. The second kappa shape index (κ2) is 5.76. The minimum atomic E-state index is -1.21. The van der Waals surface area contributed by atoms with Gasteiger partial charge < -0.3 is 9.84 Å². The number of hydrogen-bond donors (Lipinski definition) is 1. The fourth-order valence-electron chi connectivity index (χ4n) is 2.39. The van der Waals surface area contributed by atoms with Crippen molar-refractivity contribution in [1.82, 2.24) is 0 Å². The van der Waals surface area contributed by atoms with Gasteiger partial charge in [0, 0.05) is 10.5 Å². The van der Waals surface area contributed by atoms with E-state index in [2.05, 4.69) is 0 Å². The monoisotopic (exact) mass is 298 g/mol. The molecule has 0 spiro atoms. The van der Waals surface area contributed by atoms with Crippen LogP contribution in [0.4, 0.5) is 0 Å². The lowest BCUT2D eigenvalue weighted by Gasteiger charge is -2.09. The molecule has 106 valence electrons. The van der Waals surface area contributed by atoms with Gasteiger partial charge in [-0.25, -0.2) is 4.79 Å². The number of esters is 1. The molecule has 1 unspecified atom stereocenters. The molecule has 0 amide bonds. The number of carbonyl (C=O) groups excluding carboxylic acids is 1. The first-order valence-corrected chi connectivity index (χ1v) is 7.76.